The van der Waals surface area contributed by atoms with Crippen molar-refractivity contribution in [2.75, 3.05) is 6.61 Å². The average Bonchev–Trinajstić information content (AvgIpc) is 2.68. The van der Waals surface area contributed by atoms with Crippen LogP contribution in [0.2, 0.25) is 0 Å². The van der Waals surface area contributed by atoms with E-state index in [-0.39, 0.29) is 29.6 Å². The number of phenolic OH excluding ortho intramolecular Hbond substituents is 2. The van der Waals surface area contributed by atoms with Crippen molar-refractivity contribution in [1.29, 1.82) is 0 Å². The number of amides is 1. The van der Waals surface area contributed by atoms with Gasteiger partial charge >= 0.3 is 0 Å². The first-order valence-corrected chi connectivity index (χ1v) is 5.52. The van der Waals surface area contributed by atoms with Crippen molar-refractivity contribution in [3.05, 3.63) is 23.8 Å². The highest BCUT2D eigenvalue weighted by Gasteiger charge is 2.26. The maximum absolute atomic E-state index is 11.9. The van der Waals surface area contributed by atoms with Gasteiger partial charge in [-0.25, -0.2) is 0 Å². The number of rotatable bonds is 2. The van der Waals surface area contributed by atoms with Crippen molar-refractivity contribution in [2.45, 2.75) is 25.5 Å². The Morgan fingerprint density at radius 1 is 1.41 bits per heavy atom. The van der Waals surface area contributed by atoms with Crippen LogP contribution in [0.5, 0.6) is 11.5 Å². The summed E-state index contributed by atoms with van der Waals surface area (Å²) >= 11 is 0. The van der Waals surface area contributed by atoms with Crippen LogP contribution in [0.15, 0.2) is 18.2 Å². The molecule has 2 rings (SSSR count). The quantitative estimate of drug-likeness (QED) is 0.671. The van der Waals surface area contributed by atoms with Crippen molar-refractivity contribution in [2.24, 2.45) is 0 Å². The highest BCUT2D eigenvalue weighted by Crippen LogP contribution is 2.25. The van der Waals surface area contributed by atoms with Gasteiger partial charge in [0.1, 0.15) is 0 Å². The van der Waals surface area contributed by atoms with Gasteiger partial charge in [-0.15, -0.1) is 0 Å². The van der Waals surface area contributed by atoms with E-state index in [4.69, 9.17) is 9.84 Å². The van der Waals surface area contributed by atoms with Crippen molar-refractivity contribution >= 4 is 5.91 Å². The molecule has 1 aliphatic heterocycles. The predicted octanol–water partition coefficient (Wildman–Crippen LogP) is 1.01. The first-order valence-electron chi connectivity index (χ1n) is 5.52. The topological polar surface area (TPSA) is 78.8 Å². The lowest BCUT2D eigenvalue weighted by Crippen LogP contribution is -2.39. The Bertz CT molecular complexity index is 433. The third kappa shape index (κ3) is 2.50. The molecule has 1 amide bonds. The van der Waals surface area contributed by atoms with Gasteiger partial charge in [0, 0.05) is 12.2 Å². The van der Waals surface area contributed by atoms with Crippen LogP contribution in [0.1, 0.15) is 23.7 Å². The monoisotopic (exact) mass is 237 g/mol. The number of hydrogen-bond acceptors (Lipinski definition) is 4. The predicted molar refractivity (Wildman–Crippen MR) is 61.1 cm³/mol. The number of benzene rings is 1. The normalized spacial score (nSPS) is 23.6. The van der Waals surface area contributed by atoms with Gasteiger partial charge in [0.15, 0.2) is 11.5 Å². The Morgan fingerprint density at radius 2 is 2.18 bits per heavy atom. The molecule has 0 bridgehead atoms. The SMILES string of the molecule is CC1OCCC1NC(=O)c1ccc(O)c(O)c1. The smallest absolute Gasteiger partial charge is 0.251 e. The second-order valence-electron chi connectivity index (χ2n) is 4.15. The molecule has 0 saturated carbocycles. The molecule has 0 radical (unpaired) electrons. The Balaban J connectivity index is 2.06. The van der Waals surface area contributed by atoms with Crippen LogP contribution in [-0.2, 0) is 4.74 Å². The molecule has 5 heteroatoms. The van der Waals surface area contributed by atoms with Crippen LogP contribution in [-0.4, -0.2) is 34.9 Å². The summed E-state index contributed by atoms with van der Waals surface area (Å²) < 4.78 is 5.34. The number of aromatic hydroxyl groups is 2. The molecule has 0 aromatic heterocycles. The van der Waals surface area contributed by atoms with E-state index in [9.17, 15) is 9.90 Å². The van der Waals surface area contributed by atoms with E-state index in [1.54, 1.807) is 0 Å². The van der Waals surface area contributed by atoms with Gasteiger partial charge < -0.3 is 20.3 Å². The summed E-state index contributed by atoms with van der Waals surface area (Å²) in [6, 6.07) is 3.99. The van der Waals surface area contributed by atoms with Gasteiger partial charge in [0.05, 0.1) is 12.1 Å². The highest BCUT2D eigenvalue weighted by molar-refractivity contribution is 5.95. The lowest BCUT2D eigenvalue weighted by atomic mass is 10.1. The fourth-order valence-corrected chi connectivity index (χ4v) is 1.84. The molecular formula is C12H15NO4. The van der Waals surface area contributed by atoms with E-state index in [1.807, 2.05) is 6.92 Å². The fourth-order valence-electron chi connectivity index (χ4n) is 1.84. The summed E-state index contributed by atoms with van der Waals surface area (Å²) in [6.07, 6.45) is 0.793. The molecule has 1 fully saturated rings. The van der Waals surface area contributed by atoms with Crippen LogP contribution in [0.3, 0.4) is 0 Å². The second kappa shape index (κ2) is 4.63. The number of hydrogen-bond donors (Lipinski definition) is 3. The molecule has 92 valence electrons. The Labute approximate surface area is 99.0 Å². The van der Waals surface area contributed by atoms with E-state index in [2.05, 4.69) is 5.32 Å². The average molecular weight is 237 g/mol. The third-order valence-electron chi connectivity index (χ3n) is 2.93. The first-order chi connectivity index (χ1) is 8.08. The van der Waals surface area contributed by atoms with Gasteiger partial charge in [-0.3, -0.25) is 4.79 Å². The zero-order chi connectivity index (χ0) is 12.4. The minimum absolute atomic E-state index is 0.00144. The summed E-state index contributed by atoms with van der Waals surface area (Å²) in [5.74, 6) is -0.810. The molecule has 1 heterocycles. The molecule has 17 heavy (non-hydrogen) atoms. The number of nitrogens with one attached hydrogen (secondary N) is 1. The Morgan fingerprint density at radius 3 is 2.76 bits per heavy atom. The van der Waals surface area contributed by atoms with Crippen molar-refractivity contribution in [1.82, 2.24) is 5.32 Å². The Hall–Kier alpha value is -1.75. The summed E-state index contributed by atoms with van der Waals surface area (Å²) in [5, 5.41) is 21.3. The highest BCUT2D eigenvalue weighted by atomic mass is 16.5. The van der Waals surface area contributed by atoms with Crippen LogP contribution in [0.25, 0.3) is 0 Å². The standard InChI is InChI=1S/C12H15NO4/c1-7-9(4-5-17-7)13-12(16)8-2-3-10(14)11(15)6-8/h2-3,6-7,9,14-15H,4-5H2,1H3,(H,13,16). The lowest BCUT2D eigenvalue weighted by molar-refractivity contribution is 0.0866. The van der Waals surface area contributed by atoms with Gasteiger partial charge in [-0.1, -0.05) is 0 Å². The zero-order valence-electron chi connectivity index (χ0n) is 9.51. The van der Waals surface area contributed by atoms with E-state index >= 15 is 0 Å². The zero-order valence-corrected chi connectivity index (χ0v) is 9.51. The summed E-state index contributed by atoms with van der Waals surface area (Å²) in [7, 11) is 0. The lowest BCUT2D eigenvalue weighted by Gasteiger charge is -2.16. The van der Waals surface area contributed by atoms with Crippen LogP contribution in [0.4, 0.5) is 0 Å². The minimum Gasteiger partial charge on any atom is -0.504 e. The molecule has 1 aromatic carbocycles. The molecular weight excluding hydrogens is 222 g/mol. The molecule has 0 aliphatic carbocycles. The second-order valence-corrected chi connectivity index (χ2v) is 4.15. The molecule has 0 spiro atoms. The van der Waals surface area contributed by atoms with Gasteiger partial charge in [0.25, 0.3) is 5.91 Å². The Kier molecular flexibility index (Phi) is 3.19. The minimum atomic E-state index is -0.298. The number of carbonyl (C=O) groups excluding carboxylic acids is 1. The summed E-state index contributed by atoms with van der Waals surface area (Å²) in [5.41, 5.74) is 0.319. The van der Waals surface area contributed by atoms with Crippen molar-refractivity contribution in [3.8, 4) is 11.5 Å². The van der Waals surface area contributed by atoms with E-state index in [0.717, 1.165) is 6.42 Å². The fraction of sp³-hybridized carbons (Fsp3) is 0.417. The van der Waals surface area contributed by atoms with Gasteiger partial charge in [-0.05, 0) is 31.5 Å². The summed E-state index contributed by atoms with van der Waals surface area (Å²) in [4.78, 5) is 11.9. The van der Waals surface area contributed by atoms with Crippen LogP contribution in [0, 0.1) is 0 Å². The first kappa shape index (κ1) is 11.7. The van der Waals surface area contributed by atoms with Crippen molar-refractivity contribution in [3.63, 3.8) is 0 Å². The van der Waals surface area contributed by atoms with E-state index in [1.165, 1.54) is 18.2 Å². The summed E-state index contributed by atoms with van der Waals surface area (Å²) in [6.45, 7) is 2.55. The molecule has 1 saturated heterocycles. The van der Waals surface area contributed by atoms with E-state index < -0.39 is 0 Å². The maximum Gasteiger partial charge on any atom is 0.251 e. The molecule has 3 N–H and O–H groups in total. The molecule has 2 atom stereocenters. The number of phenols is 2. The maximum atomic E-state index is 11.9. The molecule has 5 nitrogen and oxygen atoms in total. The van der Waals surface area contributed by atoms with Crippen LogP contribution >= 0.6 is 0 Å². The number of carbonyl (C=O) groups is 1. The number of ether oxygens (including phenoxy) is 1. The van der Waals surface area contributed by atoms with Gasteiger partial charge in [-0.2, -0.15) is 0 Å². The molecule has 1 aromatic rings. The van der Waals surface area contributed by atoms with Gasteiger partial charge in [0.2, 0.25) is 0 Å². The van der Waals surface area contributed by atoms with Crippen molar-refractivity contribution < 1.29 is 19.7 Å². The van der Waals surface area contributed by atoms with Crippen LogP contribution < -0.4 is 5.32 Å². The molecule has 1 aliphatic rings. The van der Waals surface area contributed by atoms with E-state index in [0.29, 0.717) is 12.2 Å². The molecule has 2 unspecified atom stereocenters. The third-order valence-corrected chi connectivity index (χ3v) is 2.93. The largest absolute Gasteiger partial charge is 0.504 e.